The molecule has 1 aliphatic rings. The molecule has 0 atom stereocenters. The van der Waals surface area contributed by atoms with Gasteiger partial charge in [0.2, 0.25) is 0 Å². The number of hydrogen-bond acceptors (Lipinski definition) is 5. The minimum Gasteiger partial charge on any atom is -0.397 e. The Morgan fingerprint density at radius 3 is 2.52 bits per heavy atom. The molecule has 21 heavy (non-hydrogen) atoms. The van der Waals surface area contributed by atoms with Crippen LogP contribution in [-0.2, 0) is 0 Å². The minimum atomic E-state index is -0.866. The lowest BCUT2D eigenvalue weighted by Crippen LogP contribution is -2.51. The number of rotatable bonds is 3. The smallest absolute Gasteiger partial charge is 0.146 e. The molecule has 5 N–H and O–H groups in total. The lowest BCUT2D eigenvalue weighted by atomic mass is 9.80. The highest BCUT2D eigenvalue weighted by Gasteiger charge is 2.36. The van der Waals surface area contributed by atoms with Gasteiger partial charge in [-0.1, -0.05) is 0 Å². The maximum atomic E-state index is 13.9. The Labute approximate surface area is 124 Å². The van der Waals surface area contributed by atoms with Crippen molar-refractivity contribution in [3.05, 3.63) is 36.2 Å². The molecular formula is C15H21FN4O. The third kappa shape index (κ3) is 3.32. The van der Waals surface area contributed by atoms with Gasteiger partial charge in [-0.25, -0.2) is 10.2 Å². The SMILES string of the molecule is C=C.Cc1cc(N)c(N(N)CC2(O)CCC2)c(C#N)c1F. The molecule has 0 unspecified atom stereocenters. The third-order valence-corrected chi connectivity index (χ3v) is 3.60. The maximum Gasteiger partial charge on any atom is 0.146 e. The van der Waals surface area contributed by atoms with Crippen molar-refractivity contribution in [3.63, 3.8) is 0 Å². The van der Waals surface area contributed by atoms with Crippen molar-refractivity contribution in [1.29, 1.82) is 5.26 Å². The van der Waals surface area contributed by atoms with E-state index in [1.165, 1.54) is 18.0 Å². The molecule has 1 saturated carbocycles. The Bertz CT molecular complexity index is 564. The standard InChI is InChI=1S/C13H17FN4O.C2H4/c1-8-5-10(16)12(9(6-15)11(8)14)18(17)7-13(19)3-2-4-13;1-2/h5,19H,2-4,7,16-17H2,1H3;1-2H2. The van der Waals surface area contributed by atoms with E-state index in [9.17, 15) is 9.50 Å². The van der Waals surface area contributed by atoms with Gasteiger partial charge in [0, 0.05) is 0 Å². The van der Waals surface area contributed by atoms with Crippen molar-refractivity contribution in [3.8, 4) is 6.07 Å². The maximum absolute atomic E-state index is 13.9. The van der Waals surface area contributed by atoms with Crippen molar-refractivity contribution >= 4 is 11.4 Å². The Hall–Kier alpha value is -2.10. The number of aryl methyl sites for hydroxylation is 1. The fraction of sp³-hybridized carbons (Fsp3) is 0.400. The molecule has 1 aromatic carbocycles. The summed E-state index contributed by atoms with van der Waals surface area (Å²) >= 11 is 0. The van der Waals surface area contributed by atoms with E-state index in [0.29, 0.717) is 18.4 Å². The fourth-order valence-electron chi connectivity index (χ4n) is 2.36. The zero-order chi connectivity index (χ0) is 16.2. The zero-order valence-corrected chi connectivity index (χ0v) is 12.2. The van der Waals surface area contributed by atoms with Gasteiger partial charge in [0.1, 0.15) is 17.4 Å². The first kappa shape index (κ1) is 17.0. The van der Waals surface area contributed by atoms with Crippen LogP contribution in [0.25, 0.3) is 0 Å². The molecule has 2 rings (SSSR count). The summed E-state index contributed by atoms with van der Waals surface area (Å²) in [6.07, 6.45) is 2.24. The predicted molar refractivity (Wildman–Crippen MR) is 81.9 cm³/mol. The van der Waals surface area contributed by atoms with Crippen LogP contribution < -0.4 is 16.6 Å². The van der Waals surface area contributed by atoms with Crippen molar-refractivity contribution < 1.29 is 9.50 Å². The topological polar surface area (TPSA) is 99.3 Å². The summed E-state index contributed by atoms with van der Waals surface area (Å²) in [5, 5.41) is 20.3. The van der Waals surface area contributed by atoms with Gasteiger partial charge in [-0.15, -0.1) is 13.2 Å². The van der Waals surface area contributed by atoms with Gasteiger partial charge in [0.25, 0.3) is 0 Å². The van der Waals surface area contributed by atoms with Crippen LogP contribution in [0.1, 0.15) is 30.4 Å². The average molecular weight is 292 g/mol. The number of halogens is 1. The number of hydrazine groups is 1. The first-order valence-corrected chi connectivity index (χ1v) is 6.61. The summed E-state index contributed by atoms with van der Waals surface area (Å²) < 4.78 is 13.9. The van der Waals surface area contributed by atoms with Crippen LogP contribution in [0.2, 0.25) is 0 Å². The number of nitrogens with zero attached hydrogens (tertiary/aromatic N) is 2. The molecule has 0 amide bonds. The van der Waals surface area contributed by atoms with Gasteiger partial charge in [-0.05, 0) is 37.8 Å². The lowest BCUT2D eigenvalue weighted by Gasteiger charge is -2.40. The largest absolute Gasteiger partial charge is 0.397 e. The summed E-state index contributed by atoms with van der Waals surface area (Å²) in [6, 6.07) is 3.23. The molecule has 6 heteroatoms. The van der Waals surface area contributed by atoms with Crippen LogP contribution in [0.15, 0.2) is 19.2 Å². The molecule has 0 heterocycles. The molecular weight excluding hydrogens is 271 g/mol. The molecule has 0 aliphatic heterocycles. The average Bonchev–Trinajstić information content (AvgIpc) is 2.42. The molecule has 0 aromatic heterocycles. The van der Waals surface area contributed by atoms with E-state index in [1.807, 2.05) is 0 Å². The second-order valence-electron chi connectivity index (χ2n) is 5.14. The van der Waals surface area contributed by atoms with E-state index in [1.54, 1.807) is 6.07 Å². The summed E-state index contributed by atoms with van der Waals surface area (Å²) in [5.41, 5.74) is 5.46. The number of anilines is 2. The van der Waals surface area contributed by atoms with Crippen LogP contribution in [-0.4, -0.2) is 17.3 Å². The molecule has 114 valence electrons. The first-order valence-electron chi connectivity index (χ1n) is 6.61. The molecule has 1 fully saturated rings. The number of nitrogens with two attached hydrogens (primary N) is 2. The van der Waals surface area contributed by atoms with Crippen molar-refractivity contribution in [2.24, 2.45) is 5.84 Å². The van der Waals surface area contributed by atoms with Gasteiger partial charge in [0.05, 0.1) is 23.5 Å². The van der Waals surface area contributed by atoms with Crippen LogP contribution in [0.4, 0.5) is 15.8 Å². The van der Waals surface area contributed by atoms with Crippen molar-refractivity contribution in [2.45, 2.75) is 31.8 Å². The Balaban J connectivity index is 0.00000106. The quantitative estimate of drug-likeness (QED) is 0.342. The first-order chi connectivity index (χ1) is 9.88. The monoisotopic (exact) mass is 292 g/mol. The number of nitrogen functional groups attached to an aromatic ring is 1. The highest BCUT2D eigenvalue weighted by atomic mass is 19.1. The van der Waals surface area contributed by atoms with Gasteiger partial charge < -0.3 is 15.8 Å². The molecule has 0 saturated heterocycles. The van der Waals surface area contributed by atoms with Crippen LogP contribution in [0.5, 0.6) is 0 Å². The molecule has 0 bridgehead atoms. The summed E-state index contributed by atoms with van der Waals surface area (Å²) in [7, 11) is 0. The third-order valence-electron chi connectivity index (χ3n) is 3.60. The predicted octanol–water partition coefficient (Wildman–Crippen LogP) is 1.99. The highest BCUT2D eigenvalue weighted by molar-refractivity contribution is 5.75. The van der Waals surface area contributed by atoms with Gasteiger partial charge in [0.15, 0.2) is 0 Å². The van der Waals surface area contributed by atoms with Crippen LogP contribution >= 0.6 is 0 Å². The van der Waals surface area contributed by atoms with E-state index in [2.05, 4.69) is 13.2 Å². The molecule has 1 aliphatic carbocycles. The fourth-order valence-corrected chi connectivity index (χ4v) is 2.36. The summed E-state index contributed by atoms with van der Waals surface area (Å²) in [6.45, 7) is 7.67. The van der Waals surface area contributed by atoms with Crippen molar-refractivity contribution in [1.82, 2.24) is 0 Å². The normalized spacial score (nSPS) is 15.2. The number of hydrogen-bond donors (Lipinski definition) is 3. The van der Waals surface area contributed by atoms with Gasteiger partial charge in [-0.2, -0.15) is 5.26 Å². The van der Waals surface area contributed by atoms with Crippen molar-refractivity contribution in [2.75, 3.05) is 17.3 Å². The highest BCUT2D eigenvalue weighted by Crippen LogP contribution is 2.36. The summed E-state index contributed by atoms with van der Waals surface area (Å²) in [4.78, 5) is 0. The molecule has 0 radical (unpaired) electrons. The van der Waals surface area contributed by atoms with E-state index in [-0.39, 0.29) is 23.5 Å². The Morgan fingerprint density at radius 2 is 2.10 bits per heavy atom. The summed E-state index contributed by atoms with van der Waals surface area (Å²) in [5.74, 6) is 5.24. The second-order valence-corrected chi connectivity index (χ2v) is 5.14. The van der Waals surface area contributed by atoms with Crippen LogP contribution in [0.3, 0.4) is 0 Å². The number of benzene rings is 1. The Kier molecular flexibility index (Phi) is 5.30. The lowest BCUT2D eigenvalue weighted by molar-refractivity contribution is -0.0255. The van der Waals surface area contributed by atoms with Gasteiger partial charge >= 0.3 is 0 Å². The zero-order valence-electron chi connectivity index (χ0n) is 12.2. The molecule has 5 nitrogen and oxygen atoms in total. The minimum absolute atomic E-state index is 0.133. The molecule has 0 spiro atoms. The van der Waals surface area contributed by atoms with Crippen LogP contribution in [0, 0.1) is 24.1 Å². The van der Waals surface area contributed by atoms with Gasteiger partial charge in [-0.3, -0.25) is 0 Å². The van der Waals surface area contributed by atoms with E-state index >= 15 is 0 Å². The second kappa shape index (κ2) is 6.57. The van der Waals surface area contributed by atoms with E-state index in [4.69, 9.17) is 16.8 Å². The molecule has 1 aromatic rings. The number of nitriles is 1. The Morgan fingerprint density at radius 1 is 1.52 bits per heavy atom. The number of aliphatic hydroxyl groups is 1. The van der Waals surface area contributed by atoms with E-state index < -0.39 is 11.4 Å². The van der Waals surface area contributed by atoms with E-state index in [0.717, 1.165) is 6.42 Å².